The van der Waals surface area contributed by atoms with E-state index < -0.39 is 0 Å². The molecule has 0 heterocycles. The van der Waals surface area contributed by atoms with E-state index in [9.17, 15) is 4.79 Å². The molecule has 0 N–H and O–H groups in total. The summed E-state index contributed by atoms with van der Waals surface area (Å²) in [6.45, 7) is 10.6. The van der Waals surface area contributed by atoms with Crippen molar-refractivity contribution in [1.29, 1.82) is 0 Å². The molecule has 0 rings (SSSR count). The van der Waals surface area contributed by atoms with Gasteiger partial charge in [-0.25, -0.2) is 0 Å². The number of nitrogens with zero attached hydrogens (tertiary/aromatic N) is 1. The number of hydrogen-bond acceptors (Lipinski definition) is 1. The lowest BCUT2D eigenvalue weighted by molar-refractivity contribution is -0.136. The van der Waals surface area contributed by atoms with Gasteiger partial charge in [-0.3, -0.25) is 4.79 Å². The van der Waals surface area contributed by atoms with Gasteiger partial charge < -0.3 is 4.90 Å². The first kappa shape index (κ1) is 16.5. The molecular formula is C15H31NO. The number of unbranched alkanes of at least 4 members (excludes halogenated alkanes) is 1. The Labute approximate surface area is 108 Å². The van der Waals surface area contributed by atoms with Crippen molar-refractivity contribution in [3.63, 3.8) is 0 Å². The molecule has 0 aliphatic heterocycles. The molecule has 0 unspecified atom stereocenters. The van der Waals surface area contributed by atoms with E-state index in [1.165, 1.54) is 6.42 Å². The summed E-state index contributed by atoms with van der Waals surface area (Å²) in [5.74, 6) is 0.678. The van der Waals surface area contributed by atoms with Gasteiger partial charge in [-0.05, 0) is 25.7 Å². The summed E-state index contributed by atoms with van der Waals surface area (Å²) in [5, 5.41) is 0. The van der Waals surface area contributed by atoms with E-state index >= 15 is 0 Å². The Bertz CT molecular complexity index is 185. The fourth-order valence-electron chi connectivity index (χ4n) is 2.30. The SMILES string of the molecule is CCCCN(CCC)C(=O)C(CCC)CCC. The second kappa shape index (κ2) is 10.6. The molecule has 0 saturated heterocycles. The van der Waals surface area contributed by atoms with Crippen molar-refractivity contribution < 1.29 is 4.79 Å². The van der Waals surface area contributed by atoms with E-state index in [0.29, 0.717) is 5.91 Å². The summed E-state index contributed by atoms with van der Waals surface area (Å²) in [4.78, 5) is 14.5. The Morgan fingerprint density at radius 3 is 1.88 bits per heavy atom. The number of hydrogen-bond donors (Lipinski definition) is 0. The first-order valence-electron chi connectivity index (χ1n) is 7.49. The molecule has 0 aromatic heterocycles. The number of carbonyl (C=O) groups is 1. The van der Waals surface area contributed by atoms with E-state index in [2.05, 4.69) is 32.6 Å². The summed E-state index contributed by atoms with van der Waals surface area (Å²) in [5.41, 5.74) is 0. The van der Waals surface area contributed by atoms with Gasteiger partial charge in [0.05, 0.1) is 0 Å². The zero-order valence-corrected chi connectivity index (χ0v) is 12.3. The molecule has 1 amide bonds. The van der Waals surface area contributed by atoms with Crippen LogP contribution in [-0.4, -0.2) is 23.9 Å². The maximum atomic E-state index is 12.4. The minimum atomic E-state index is 0.272. The van der Waals surface area contributed by atoms with Crippen molar-refractivity contribution in [2.24, 2.45) is 5.92 Å². The minimum absolute atomic E-state index is 0.272. The quantitative estimate of drug-likeness (QED) is 0.560. The molecule has 0 radical (unpaired) electrons. The van der Waals surface area contributed by atoms with E-state index in [-0.39, 0.29) is 5.92 Å². The Morgan fingerprint density at radius 1 is 0.882 bits per heavy atom. The molecule has 0 atom stereocenters. The van der Waals surface area contributed by atoms with Crippen molar-refractivity contribution >= 4 is 5.91 Å². The van der Waals surface area contributed by atoms with Crippen LogP contribution in [0.25, 0.3) is 0 Å². The Balaban J connectivity index is 4.40. The highest BCUT2D eigenvalue weighted by Gasteiger charge is 2.21. The Morgan fingerprint density at radius 2 is 1.47 bits per heavy atom. The van der Waals surface area contributed by atoms with Gasteiger partial charge >= 0.3 is 0 Å². The van der Waals surface area contributed by atoms with Gasteiger partial charge in [0.15, 0.2) is 0 Å². The van der Waals surface area contributed by atoms with Gasteiger partial charge in [0, 0.05) is 19.0 Å². The largest absolute Gasteiger partial charge is 0.342 e. The van der Waals surface area contributed by atoms with Crippen LogP contribution >= 0.6 is 0 Å². The van der Waals surface area contributed by atoms with Crippen LogP contribution in [0, 0.1) is 5.92 Å². The summed E-state index contributed by atoms with van der Waals surface area (Å²) in [7, 11) is 0. The van der Waals surface area contributed by atoms with Crippen molar-refractivity contribution in [3.8, 4) is 0 Å². The molecule has 17 heavy (non-hydrogen) atoms. The summed E-state index contributed by atoms with van der Waals surface area (Å²) in [6, 6.07) is 0. The molecule has 0 aromatic rings. The van der Waals surface area contributed by atoms with Gasteiger partial charge in [-0.15, -0.1) is 0 Å². The van der Waals surface area contributed by atoms with E-state index in [4.69, 9.17) is 0 Å². The smallest absolute Gasteiger partial charge is 0.225 e. The molecule has 0 aromatic carbocycles. The molecule has 102 valence electrons. The van der Waals surface area contributed by atoms with Gasteiger partial charge in [0.2, 0.25) is 5.91 Å². The molecule has 0 fully saturated rings. The zero-order chi connectivity index (χ0) is 13.1. The molecule has 0 aliphatic rings. The monoisotopic (exact) mass is 241 g/mol. The van der Waals surface area contributed by atoms with Gasteiger partial charge in [-0.1, -0.05) is 47.0 Å². The van der Waals surface area contributed by atoms with Crippen LogP contribution in [-0.2, 0) is 4.79 Å². The van der Waals surface area contributed by atoms with Crippen LogP contribution in [0.3, 0.4) is 0 Å². The van der Waals surface area contributed by atoms with Crippen LogP contribution in [0.2, 0.25) is 0 Å². The molecule has 0 spiro atoms. The van der Waals surface area contributed by atoms with Crippen LogP contribution in [0.15, 0.2) is 0 Å². The normalized spacial score (nSPS) is 10.9. The fraction of sp³-hybridized carbons (Fsp3) is 0.933. The highest BCUT2D eigenvalue weighted by molar-refractivity contribution is 5.78. The summed E-state index contributed by atoms with van der Waals surface area (Å²) < 4.78 is 0. The number of amides is 1. The van der Waals surface area contributed by atoms with E-state index in [0.717, 1.165) is 51.6 Å². The third-order valence-electron chi connectivity index (χ3n) is 3.21. The van der Waals surface area contributed by atoms with Crippen molar-refractivity contribution in [3.05, 3.63) is 0 Å². The summed E-state index contributed by atoms with van der Waals surface area (Å²) in [6.07, 6.45) is 7.71. The molecule has 2 heteroatoms. The highest BCUT2D eigenvalue weighted by atomic mass is 16.2. The van der Waals surface area contributed by atoms with Gasteiger partial charge in [0.25, 0.3) is 0 Å². The van der Waals surface area contributed by atoms with Crippen molar-refractivity contribution in [2.75, 3.05) is 13.1 Å². The topological polar surface area (TPSA) is 20.3 Å². The van der Waals surface area contributed by atoms with E-state index in [1.54, 1.807) is 0 Å². The predicted octanol–water partition coefficient (Wildman–Crippen LogP) is 4.24. The maximum absolute atomic E-state index is 12.4. The standard InChI is InChI=1S/C15H31NO/c1-5-9-13-16(12-8-4)15(17)14(10-6-2)11-7-3/h14H,5-13H2,1-4H3. The first-order valence-corrected chi connectivity index (χ1v) is 7.49. The van der Waals surface area contributed by atoms with Crippen LogP contribution in [0.5, 0.6) is 0 Å². The van der Waals surface area contributed by atoms with Gasteiger partial charge in [-0.2, -0.15) is 0 Å². The Kier molecular flexibility index (Phi) is 10.3. The molecule has 2 nitrogen and oxygen atoms in total. The summed E-state index contributed by atoms with van der Waals surface area (Å²) >= 11 is 0. The van der Waals surface area contributed by atoms with Crippen molar-refractivity contribution in [1.82, 2.24) is 4.90 Å². The third-order valence-corrected chi connectivity index (χ3v) is 3.21. The minimum Gasteiger partial charge on any atom is -0.342 e. The van der Waals surface area contributed by atoms with Crippen LogP contribution < -0.4 is 0 Å². The number of rotatable bonds is 10. The lowest BCUT2D eigenvalue weighted by Crippen LogP contribution is -2.37. The third kappa shape index (κ3) is 6.70. The molecule has 0 bridgehead atoms. The van der Waals surface area contributed by atoms with Crippen LogP contribution in [0.4, 0.5) is 0 Å². The zero-order valence-electron chi connectivity index (χ0n) is 12.3. The predicted molar refractivity (Wildman–Crippen MR) is 75.1 cm³/mol. The second-order valence-electron chi connectivity index (χ2n) is 4.95. The Hall–Kier alpha value is -0.530. The fourth-order valence-corrected chi connectivity index (χ4v) is 2.30. The molecule has 0 saturated carbocycles. The first-order chi connectivity index (χ1) is 8.21. The maximum Gasteiger partial charge on any atom is 0.225 e. The molecular weight excluding hydrogens is 210 g/mol. The second-order valence-corrected chi connectivity index (χ2v) is 4.95. The lowest BCUT2D eigenvalue weighted by atomic mass is 9.96. The average molecular weight is 241 g/mol. The lowest BCUT2D eigenvalue weighted by Gasteiger charge is -2.27. The molecule has 0 aliphatic carbocycles. The number of carbonyl (C=O) groups excluding carboxylic acids is 1. The van der Waals surface area contributed by atoms with Crippen LogP contribution in [0.1, 0.15) is 72.6 Å². The van der Waals surface area contributed by atoms with Crippen molar-refractivity contribution in [2.45, 2.75) is 72.6 Å². The highest BCUT2D eigenvalue weighted by Crippen LogP contribution is 2.17. The van der Waals surface area contributed by atoms with E-state index in [1.807, 2.05) is 0 Å². The van der Waals surface area contributed by atoms with Gasteiger partial charge in [0.1, 0.15) is 0 Å². The average Bonchev–Trinajstić information content (AvgIpc) is 2.33.